The molecule has 4 heterocycles. The van der Waals surface area contributed by atoms with E-state index in [1.165, 1.54) is 4.90 Å². The Bertz CT molecular complexity index is 1290. The summed E-state index contributed by atoms with van der Waals surface area (Å²) in [5.41, 5.74) is 2.19. The van der Waals surface area contributed by atoms with Gasteiger partial charge in [0.2, 0.25) is 5.78 Å². The number of Topliss-reactive ketones (excluding diaryl/α,β-unsaturated/α-hetero) is 1. The second-order valence-electron chi connectivity index (χ2n) is 8.97. The van der Waals surface area contributed by atoms with E-state index in [1.807, 2.05) is 42.5 Å². The van der Waals surface area contributed by atoms with Crippen molar-refractivity contribution in [2.45, 2.75) is 19.4 Å². The molecule has 0 spiro atoms. The molecule has 8 nitrogen and oxygen atoms in total. The van der Waals surface area contributed by atoms with Crippen LogP contribution < -0.4 is 10.0 Å². The minimum atomic E-state index is -0.732. The Hall–Kier alpha value is -3.01. The van der Waals surface area contributed by atoms with Crippen molar-refractivity contribution in [3.63, 3.8) is 0 Å². The first kappa shape index (κ1) is 23.7. The number of carbonyl (C=O) groups is 2. The maximum absolute atomic E-state index is 13.9. The zero-order valence-corrected chi connectivity index (χ0v) is 21.1. The number of benzene rings is 1. The van der Waals surface area contributed by atoms with Gasteiger partial charge in [0, 0.05) is 29.2 Å². The number of nitrogens with one attached hydrogen (secondary N) is 1. The molecule has 0 saturated carbocycles. The zero-order valence-electron chi connectivity index (χ0n) is 19.5. The van der Waals surface area contributed by atoms with Gasteiger partial charge in [0.25, 0.3) is 5.91 Å². The fourth-order valence-electron chi connectivity index (χ4n) is 5.02. The topological polar surface area (TPSA) is 91.4 Å². The molecule has 2 aliphatic rings. The third-order valence-electron chi connectivity index (χ3n) is 6.76. The first-order valence-corrected chi connectivity index (χ1v) is 12.6. The largest absolute Gasteiger partial charge is 0.871 e. The van der Waals surface area contributed by atoms with Crippen molar-refractivity contribution < 1.29 is 24.3 Å². The number of likely N-dealkylation sites (tertiary alicyclic amines) is 1. The van der Waals surface area contributed by atoms with Crippen LogP contribution >= 0.6 is 15.9 Å². The lowest BCUT2D eigenvalue weighted by atomic mass is 9.96. The van der Waals surface area contributed by atoms with Crippen molar-refractivity contribution in [2.75, 3.05) is 39.4 Å². The lowest BCUT2D eigenvalue weighted by Gasteiger charge is -2.29. The van der Waals surface area contributed by atoms with Crippen molar-refractivity contribution >= 4 is 39.0 Å². The smallest absolute Gasteiger partial charge is 0.295 e. The molecule has 0 aliphatic carbocycles. The monoisotopic (exact) mass is 538 g/mol. The molecule has 35 heavy (non-hydrogen) atoms. The molecule has 0 bridgehead atoms. The quantitative estimate of drug-likeness (QED) is 0.286. The molecule has 2 aliphatic heterocycles. The Morgan fingerprint density at radius 1 is 1.17 bits per heavy atom. The van der Waals surface area contributed by atoms with Gasteiger partial charge in [-0.3, -0.25) is 9.59 Å². The molecule has 0 radical (unpaired) electrons. The van der Waals surface area contributed by atoms with Gasteiger partial charge < -0.3 is 24.0 Å². The lowest BCUT2D eigenvalue weighted by Crippen LogP contribution is -3.14. The molecule has 1 aromatic carbocycles. The number of pyridine rings is 1. The van der Waals surface area contributed by atoms with E-state index in [0.717, 1.165) is 49.3 Å². The average molecular weight is 539 g/mol. The number of aromatic nitrogens is 2. The van der Waals surface area contributed by atoms with Crippen molar-refractivity contribution in [2.24, 2.45) is 0 Å². The summed E-state index contributed by atoms with van der Waals surface area (Å²) in [5.74, 6) is -1.80. The predicted molar refractivity (Wildman–Crippen MR) is 131 cm³/mol. The van der Waals surface area contributed by atoms with E-state index in [9.17, 15) is 14.7 Å². The van der Waals surface area contributed by atoms with Crippen LogP contribution in [0.2, 0.25) is 0 Å². The number of aryl methyl sites for hydroxylation is 1. The molecule has 2 aromatic heterocycles. The minimum absolute atomic E-state index is 0.00945. The Balaban J connectivity index is 1.54. The number of fused-ring (bicyclic) bond motifs is 1. The van der Waals surface area contributed by atoms with Gasteiger partial charge in [0.15, 0.2) is 0 Å². The molecule has 2 fully saturated rings. The summed E-state index contributed by atoms with van der Waals surface area (Å²) < 4.78 is 7.99. The highest BCUT2D eigenvalue weighted by atomic mass is 79.9. The summed E-state index contributed by atoms with van der Waals surface area (Å²) in [6.07, 6.45) is 2.49. The van der Waals surface area contributed by atoms with E-state index >= 15 is 0 Å². The van der Waals surface area contributed by atoms with Gasteiger partial charge in [-0.1, -0.05) is 39.9 Å². The molecule has 182 valence electrons. The zero-order chi connectivity index (χ0) is 24.5. The molecule has 1 atom stereocenters. The number of amides is 1. The summed E-state index contributed by atoms with van der Waals surface area (Å²) in [4.78, 5) is 34.0. The number of nitrogens with zero attached hydrogens (tertiary/aromatic N) is 3. The number of quaternary nitrogens is 1. The molecule has 2 saturated heterocycles. The summed E-state index contributed by atoms with van der Waals surface area (Å²) in [6.45, 7) is 6.38. The molecule has 1 unspecified atom stereocenters. The highest BCUT2D eigenvalue weighted by Gasteiger charge is 2.44. The van der Waals surface area contributed by atoms with Gasteiger partial charge >= 0.3 is 0 Å². The maximum Gasteiger partial charge on any atom is 0.295 e. The average Bonchev–Trinajstić information content (AvgIpc) is 3.33. The van der Waals surface area contributed by atoms with Crippen LogP contribution in [0.3, 0.4) is 0 Å². The number of ketones is 1. The van der Waals surface area contributed by atoms with Crippen LogP contribution in [0.15, 0.2) is 58.7 Å². The van der Waals surface area contributed by atoms with Crippen LogP contribution in [0.4, 0.5) is 0 Å². The Morgan fingerprint density at radius 2 is 1.91 bits per heavy atom. The number of carbonyl (C=O) groups excluding carboxylic acids is 2. The summed E-state index contributed by atoms with van der Waals surface area (Å²) >= 11 is 3.45. The van der Waals surface area contributed by atoms with Crippen molar-refractivity contribution in [3.05, 3.63) is 75.7 Å². The second-order valence-corrected chi connectivity index (χ2v) is 9.88. The first-order chi connectivity index (χ1) is 17.0. The van der Waals surface area contributed by atoms with Crippen molar-refractivity contribution in [3.8, 4) is 0 Å². The van der Waals surface area contributed by atoms with Gasteiger partial charge in [-0.05, 0) is 36.8 Å². The van der Waals surface area contributed by atoms with Crippen LogP contribution in [0.25, 0.3) is 11.4 Å². The van der Waals surface area contributed by atoms with Crippen LogP contribution in [0.5, 0.6) is 0 Å². The molecule has 3 aromatic rings. The standard InChI is InChI=1S/C26H27BrN4O4/c1-17-22(30-11-3-2-5-20(30)28-17)24(32)21-23(18-6-8-19(27)9-7-18)31(26(34)25(21)33)12-4-10-29-13-15-35-16-14-29/h2-3,5-9,11,23,32H,4,10,12-16H2,1H3/b24-21+. The normalized spacial score (nSPS) is 20.7. The highest BCUT2D eigenvalue weighted by Crippen LogP contribution is 2.39. The first-order valence-electron chi connectivity index (χ1n) is 11.8. The Labute approximate surface area is 211 Å². The number of rotatable bonds is 6. The summed E-state index contributed by atoms with van der Waals surface area (Å²) in [6, 6.07) is 12.2. The van der Waals surface area contributed by atoms with E-state index in [1.54, 1.807) is 22.4 Å². The molecular weight excluding hydrogens is 512 g/mol. The third kappa shape index (κ3) is 4.51. The van der Waals surface area contributed by atoms with Gasteiger partial charge in [-0.2, -0.15) is 0 Å². The molecule has 9 heteroatoms. The van der Waals surface area contributed by atoms with Gasteiger partial charge in [0.05, 0.1) is 37.2 Å². The number of ether oxygens (including phenoxy) is 1. The highest BCUT2D eigenvalue weighted by molar-refractivity contribution is 9.10. The van der Waals surface area contributed by atoms with E-state index in [2.05, 4.69) is 20.9 Å². The van der Waals surface area contributed by atoms with Crippen LogP contribution in [0, 0.1) is 6.92 Å². The fraction of sp³-hybridized carbons (Fsp3) is 0.346. The Kier molecular flexibility index (Phi) is 6.73. The van der Waals surface area contributed by atoms with Crippen LogP contribution in [-0.4, -0.2) is 65.4 Å². The lowest BCUT2D eigenvalue weighted by molar-refractivity contribution is -0.908. The number of imidazole rings is 1. The Morgan fingerprint density at radius 3 is 2.66 bits per heavy atom. The fourth-order valence-corrected chi connectivity index (χ4v) is 5.28. The predicted octanol–water partition coefficient (Wildman–Crippen LogP) is 0.934. The number of halogens is 1. The maximum atomic E-state index is 13.9. The second kappa shape index (κ2) is 9.93. The molecular formula is C26H27BrN4O4. The number of hydrogen-bond acceptors (Lipinski definition) is 5. The van der Waals surface area contributed by atoms with Crippen LogP contribution in [-0.2, 0) is 14.3 Å². The van der Waals surface area contributed by atoms with Crippen molar-refractivity contribution in [1.82, 2.24) is 14.3 Å². The van der Waals surface area contributed by atoms with E-state index in [0.29, 0.717) is 23.6 Å². The minimum Gasteiger partial charge on any atom is -0.871 e. The van der Waals surface area contributed by atoms with E-state index < -0.39 is 23.5 Å². The van der Waals surface area contributed by atoms with Crippen molar-refractivity contribution in [1.29, 1.82) is 0 Å². The molecule has 5 rings (SSSR count). The summed E-state index contributed by atoms with van der Waals surface area (Å²) in [5, 5.41) is 13.9. The molecule has 1 N–H and O–H groups in total. The number of morpholine rings is 1. The van der Waals surface area contributed by atoms with Crippen LogP contribution in [0.1, 0.15) is 29.4 Å². The van der Waals surface area contributed by atoms with Gasteiger partial charge in [-0.25, -0.2) is 4.98 Å². The van der Waals surface area contributed by atoms with E-state index in [4.69, 9.17) is 4.74 Å². The van der Waals surface area contributed by atoms with Gasteiger partial charge in [-0.15, -0.1) is 0 Å². The SMILES string of the molecule is Cc1nc2ccccn2c1/C([O-])=C1\C(=O)C(=O)N(CCC[NH+]2CCOCC2)C1c1ccc(Br)cc1. The summed E-state index contributed by atoms with van der Waals surface area (Å²) in [7, 11) is 0. The third-order valence-corrected chi connectivity index (χ3v) is 7.29. The van der Waals surface area contributed by atoms with Gasteiger partial charge in [0.1, 0.15) is 18.7 Å². The van der Waals surface area contributed by atoms with E-state index in [-0.39, 0.29) is 5.57 Å². The molecule has 1 amide bonds. The number of hydrogen-bond donors (Lipinski definition) is 1.